The van der Waals surface area contributed by atoms with Gasteiger partial charge in [-0.2, -0.15) is 26.3 Å². The van der Waals surface area contributed by atoms with Crippen LogP contribution in [0.2, 0.25) is 0 Å². The molecule has 0 aromatic heterocycles. The number of hydrogen-bond donors (Lipinski definition) is 3. The number of rotatable bonds is 2. The van der Waals surface area contributed by atoms with Gasteiger partial charge in [-0.05, 0) is 40.8 Å². The van der Waals surface area contributed by atoms with Crippen LogP contribution in [0.4, 0.5) is 32.0 Å². The largest absolute Gasteiger partial charge is 0.478 e. The summed E-state index contributed by atoms with van der Waals surface area (Å²) < 4.78 is 80.4. The number of alkyl halides is 6. The zero-order valence-electron chi connectivity index (χ0n) is 17.3. The summed E-state index contributed by atoms with van der Waals surface area (Å²) in [6, 6.07) is 6.92. The molecule has 0 saturated carbocycles. The van der Waals surface area contributed by atoms with Gasteiger partial charge in [0.05, 0.1) is 11.6 Å². The van der Waals surface area contributed by atoms with E-state index in [0.717, 1.165) is 22.6 Å². The first-order valence-corrected chi connectivity index (χ1v) is 10.8. The Balaban J connectivity index is 1.82. The van der Waals surface area contributed by atoms with Gasteiger partial charge in [-0.3, -0.25) is 0 Å². The van der Waals surface area contributed by atoms with E-state index in [0.29, 0.717) is 17.5 Å². The quantitative estimate of drug-likeness (QED) is 0.459. The summed E-state index contributed by atoms with van der Waals surface area (Å²) in [5.74, 6) is -0.830. The molecule has 0 fully saturated rings. The van der Waals surface area contributed by atoms with Crippen molar-refractivity contribution in [1.29, 1.82) is 0 Å². The van der Waals surface area contributed by atoms with Crippen molar-refractivity contribution in [3.05, 3.63) is 58.7 Å². The van der Waals surface area contributed by atoms with Crippen molar-refractivity contribution >= 4 is 23.4 Å². The monoisotopic (exact) mass is 491 g/mol. The Morgan fingerprint density at radius 2 is 1.70 bits per heavy atom. The molecule has 2 aromatic carbocycles. The van der Waals surface area contributed by atoms with Crippen molar-refractivity contribution < 1.29 is 41.4 Å². The van der Waals surface area contributed by atoms with E-state index in [1.165, 1.54) is 17.8 Å². The number of fused-ring (bicyclic) bond motifs is 4. The first kappa shape index (κ1) is 23.7. The van der Waals surface area contributed by atoms with E-state index < -0.39 is 34.9 Å². The predicted octanol–water partition coefficient (Wildman–Crippen LogP) is 5.86. The lowest BCUT2D eigenvalue weighted by molar-refractivity contribution is -0.376. The topological polar surface area (TPSA) is 69.6 Å². The molecule has 2 atom stereocenters. The highest BCUT2D eigenvalue weighted by Gasteiger charge is 2.71. The zero-order valence-corrected chi connectivity index (χ0v) is 18.1. The van der Waals surface area contributed by atoms with E-state index in [1.54, 1.807) is 26.0 Å². The lowest BCUT2D eigenvalue weighted by Gasteiger charge is -2.49. The highest BCUT2D eigenvalue weighted by Crippen LogP contribution is 2.56. The Hall–Kier alpha value is -2.40. The molecule has 0 spiro atoms. The number of anilines is 1. The minimum atomic E-state index is -5.96. The van der Waals surface area contributed by atoms with Crippen LogP contribution in [0.1, 0.15) is 46.9 Å². The van der Waals surface area contributed by atoms with Crippen LogP contribution < -0.4 is 5.32 Å². The molecule has 2 aromatic rings. The van der Waals surface area contributed by atoms with E-state index in [-0.39, 0.29) is 23.1 Å². The molecule has 11 heteroatoms. The molecule has 0 bridgehead atoms. The number of aromatic carboxylic acids is 1. The van der Waals surface area contributed by atoms with Gasteiger partial charge in [0.25, 0.3) is 5.60 Å². The lowest BCUT2D eigenvalue weighted by atomic mass is 9.65. The smallest absolute Gasteiger partial charge is 0.430 e. The van der Waals surface area contributed by atoms with E-state index in [4.69, 9.17) is 0 Å². The number of thioether (sulfide) groups is 1. The van der Waals surface area contributed by atoms with Gasteiger partial charge < -0.3 is 15.5 Å². The number of halogens is 6. The minimum absolute atomic E-state index is 0.124. The Morgan fingerprint density at radius 1 is 1.06 bits per heavy atom. The standard InChI is InChI=1S/C22H19F6NO3S/c1-19(2)13-8-11(20(32,21(23,24)25)22(26,27)28)4-6-15(13)29-17-12-5-3-10(18(30)31)7-16(12)33-9-14(17)19/h3-8,14,17,29,32H,9H2,1-2H3,(H,30,31). The molecule has 2 aliphatic heterocycles. The molecule has 4 nitrogen and oxygen atoms in total. The molecule has 0 aliphatic carbocycles. The average Bonchev–Trinajstić information content (AvgIpc) is 2.70. The summed E-state index contributed by atoms with van der Waals surface area (Å²) in [4.78, 5) is 12.0. The number of benzene rings is 2. The van der Waals surface area contributed by atoms with Crippen molar-refractivity contribution in [2.75, 3.05) is 11.1 Å². The fourth-order valence-electron chi connectivity index (χ4n) is 4.63. The highest BCUT2D eigenvalue weighted by molar-refractivity contribution is 7.99. The Bertz CT molecular complexity index is 1110. The van der Waals surface area contributed by atoms with E-state index in [1.807, 2.05) is 0 Å². The van der Waals surface area contributed by atoms with Crippen LogP contribution in [-0.2, 0) is 11.0 Å². The van der Waals surface area contributed by atoms with Crippen molar-refractivity contribution in [3.63, 3.8) is 0 Å². The molecule has 0 saturated heterocycles. The van der Waals surface area contributed by atoms with Gasteiger partial charge in [0.15, 0.2) is 0 Å². The third-order valence-corrected chi connectivity index (χ3v) is 7.80. The molecular formula is C22H19F6NO3S. The fraction of sp³-hybridized carbons (Fsp3) is 0.409. The van der Waals surface area contributed by atoms with Crippen molar-refractivity contribution in [2.24, 2.45) is 5.92 Å². The van der Waals surface area contributed by atoms with Crippen molar-refractivity contribution in [1.82, 2.24) is 0 Å². The zero-order chi connectivity index (χ0) is 24.6. The molecule has 2 heterocycles. The van der Waals surface area contributed by atoms with Crippen LogP contribution in [0.25, 0.3) is 0 Å². The number of aliphatic hydroxyl groups is 1. The summed E-state index contributed by atoms with van der Waals surface area (Å²) in [7, 11) is 0. The fourth-order valence-corrected chi connectivity index (χ4v) is 6.17. The normalized spacial score (nSPS) is 22.0. The van der Waals surface area contributed by atoms with Crippen LogP contribution in [-0.4, -0.2) is 34.3 Å². The van der Waals surface area contributed by atoms with Gasteiger partial charge in [0, 0.05) is 27.8 Å². The highest BCUT2D eigenvalue weighted by atomic mass is 32.2. The summed E-state index contributed by atoms with van der Waals surface area (Å²) >= 11 is 1.39. The minimum Gasteiger partial charge on any atom is -0.478 e. The van der Waals surface area contributed by atoms with Crippen molar-refractivity contribution in [2.45, 2.75) is 48.2 Å². The number of carboxylic acids is 1. The maximum atomic E-state index is 13.4. The Morgan fingerprint density at radius 3 is 2.27 bits per heavy atom. The molecule has 2 aliphatic rings. The Labute approximate surface area is 189 Å². The maximum Gasteiger partial charge on any atom is 0.430 e. The number of carbonyl (C=O) groups is 1. The Kier molecular flexibility index (Phi) is 5.25. The van der Waals surface area contributed by atoms with Gasteiger partial charge in [-0.15, -0.1) is 11.8 Å². The molecule has 4 rings (SSSR count). The van der Waals surface area contributed by atoms with Crippen LogP contribution in [0.3, 0.4) is 0 Å². The predicted molar refractivity (Wildman–Crippen MR) is 109 cm³/mol. The number of nitrogens with one attached hydrogen (secondary N) is 1. The second-order valence-electron chi connectivity index (χ2n) is 8.79. The summed E-state index contributed by atoms with van der Waals surface area (Å²) in [5.41, 5.74) is -5.61. The molecule has 0 radical (unpaired) electrons. The van der Waals surface area contributed by atoms with Gasteiger partial charge in [0.2, 0.25) is 0 Å². The first-order chi connectivity index (χ1) is 15.1. The summed E-state index contributed by atoms with van der Waals surface area (Å²) in [6.07, 6.45) is -11.9. The number of hydrogen-bond acceptors (Lipinski definition) is 4. The molecule has 0 amide bonds. The molecule has 2 unspecified atom stereocenters. The van der Waals surface area contributed by atoms with Gasteiger partial charge in [-0.1, -0.05) is 26.0 Å². The third-order valence-electron chi connectivity index (χ3n) is 6.61. The van der Waals surface area contributed by atoms with Crippen LogP contribution in [0, 0.1) is 5.92 Å². The first-order valence-electron chi connectivity index (χ1n) is 9.86. The molecular weight excluding hydrogens is 472 g/mol. The third kappa shape index (κ3) is 3.47. The van der Waals surface area contributed by atoms with Gasteiger partial charge in [0.1, 0.15) is 0 Å². The van der Waals surface area contributed by atoms with Crippen molar-refractivity contribution in [3.8, 4) is 0 Å². The molecule has 33 heavy (non-hydrogen) atoms. The summed E-state index contributed by atoms with van der Waals surface area (Å²) in [5, 5.41) is 22.3. The SMILES string of the molecule is CC1(C)c2cc(C(O)(C(F)(F)F)C(F)(F)F)ccc2NC2c3ccc(C(=O)O)cc3SCC21. The second kappa shape index (κ2) is 7.30. The van der Waals surface area contributed by atoms with Crippen LogP contribution >= 0.6 is 11.8 Å². The molecule has 3 N–H and O–H groups in total. The van der Waals surface area contributed by atoms with E-state index in [9.17, 15) is 41.4 Å². The van der Waals surface area contributed by atoms with Crippen LogP contribution in [0.5, 0.6) is 0 Å². The number of carboxylic acid groups (broad SMARTS) is 1. The maximum absolute atomic E-state index is 13.4. The van der Waals surface area contributed by atoms with Gasteiger partial charge >= 0.3 is 18.3 Å². The van der Waals surface area contributed by atoms with E-state index in [2.05, 4.69) is 5.32 Å². The summed E-state index contributed by atoms with van der Waals surface area (Å²) in [6.45, 7) is 3.48. The average molecular weight is 491 g/mol. The molecule has 178 valence electrons. The van der Waals surface area contributed by atoms with E-state index >= 15 is 0 Å². The lowest BCUT2D eigenvalue weighted by Crippen LogP contribution is -2.54. The second-order valence-corrected chi connectivity index (χ2v) is 9.85. The van der Waals surface area contributed by atoms with Gasteiger partial charge in [-0.25, -0.2) is 4.79 Å². The van der Waals surface area contributed by atoms with Crippen LogP contribution in [0.15, 0.2) is 41.3 Å².